The molecule has 0 radical (unpaired) electrons. The second-order valence-corrected chi connectivity index (χ2v) is 6.87. The molecule has 1 aromatic heterocycles. The van der Waals surface area contributed by atoms with Gasteiger partial charge in [-0.1, -0.05) is 30.3 Å². The van der Waals surface area contributed by atoms with Gasteiger partial charge in [-0.15, -0.1) is 0 Å². The Morgan fingerprint density at radius 3 is 2.72 bits per heavy atom. The van der Waals surface area contributed by atoms with Crippen LogP contribution < -0.4 is 10.6 Å². The van der Waals surface area contributed by atoms with Crippen LogP contribution in [0, 0.1) is 0 Å². The highest BCUT2D eigenvalue weighted by Gasteiger charge is 2.10. The van der Waals surface area contributed by atoms with Crippen molar-refractivity contribution in [2.75, 3.05) is 27.2 Å². The summed E-state index contributed by atoms with van der Waals surface area (Å²) < 4.78 is 5.92. The molecule has 3 aromatic rings. The normalized spacial score (nSPS) is 11.5. The van der Waals surface area contributed by atoms with Gasteiger partial charge >= 0.3 is 0 Å². The number of nitrogens with zero attached hydrogens (tertiary/aromatic N) is 2. The first-order chi connectivity index (χ1) is 14.1. The van der Waals surface area contributed by atoms with Gasteiger partial charge in [0, 0.05) is 38.1 Å². The maximum absolute atomic E-state index is 11.8. The third-order valence-corrected chi connectivity index (χ3v) is 4.64. The molecule has 1 amide bonds. The first-order valence-electron chi connectivity index (χ1n) is 9.88. The van der Waals surface area contributed by atoms with Crippen molar-refractivity contribution >= 4 is 22.8 Å². The van der Waals surface area contributed by atoms with Gasteiger partial charge in [-0.25, -0.2) is 0 Å². The summed E-state index contributed by atoms with van der Waals surface area (Å²) in [7, 11) is 3.64. The SMILES string of the molecule is CCNC(=NCCc1cccc(C(=O)NC)c1)N(C)Cc1cc2ccccc2o1. The molecule has 0 unspecified atom stereocenters. The van der Waals surface area contributed by atoms with Gasteiger partial charge in [-0.2, -0.15) is 0 Å². The van der Waals surface area contributed by atoms with E-state index in [1.165, 1.54) is 0 Å². The molecule has 6 heteroatoms. The minimum Gasteiger partial charge on any atom is -0.459 e. The molecule has 0 aliphatic rings. The molecule has 0 fully saturated rings. The Morgan fingerprint density at radius 1 is 1.14 bits per heavy atom. The fourth-order valence-corrected chi connectivity index (χ4v) is 3.20. The van der Waals surface area contributed by atoms with Gasteiger partial charge in [0.05, 0.1) is 6.54 Å². The van der Waals surface area contributed by atoms with Gasteiger partial charge in [0.2, 0.25) is 0 Å². The monoisotopic (exact) mass is 392 g/mol. The second kappa shape index (κ2) is 9.78. The molecule has 0 atom stereocenters. The number of guanidine groups is 1. The van der Waals surface area contributed by atoms with Gasteiger partial charge in [-0.05, 0) is 43.2 Å². The molecule has 29 heavy (non-hydrogen) atoms. The first kappa shape index (κ1) is 20.5. The fraction of sp³-hybridized carbons (Fsp3) is 0.304. The number of fused-ring (bicyclic) bond motifs is 1. The lowest BCUT2D eigenvalue weighted by Crippen LogP contribution is -2.38. The molecule has 0 aliphatic heterocycles. The lowest BCUT2D eigenvalue weighted by atomic mass is 10.1. The minimum atomic E-state index is -0.0748. The van der Waals surface area contributed by atoms with Crippen LogP contribution in [-0.4, -0.2) is 44.0 Å². The zero-order valence-corrected chi connectivity index (χ0v) is 17.2. The van der Waals surface area contributed by atoms with Gasteiger partial charge in [-0.3, -0.25) is 9.79 Å². The number of rotatable bonds is 7. The lowest BCUT2D eigenvalue weighted by Gasteiger charge is -2.21. The van der Waals surface area contributed by atoms with Crippen LogP contribution in [0.4, 0.5) is 0 Å². The standard InChI is InChI=1S/C23H28N4O2/c1-4-25-23(26-13-12-17-8-7-10-19(14-17)22(28)24-2)27(3)16-20-15-18-9-5-6-11-21(18)29-20/h5-11,14-15H,4,12-13,16H2,1-3H3,(H,24,28)(H,25,26). The van der Waals surface area contributed by atoms with Crippen LogP contribution >= 0.6 is 0 Å². The molecule has 152 valence electrons. The smallest absolute Gasteiger partial charge is 0.251 e. The average molecular weight is 393 g/mol. The van der Waals surface area contributed by atoms with Gasteiger partial charge in [0.1, 0.15) is 11.3 Å². The number of aliphatic imine (C=N–C) groups is 1. The van der Waals surface area contributed by atoms with E-state index in [4.69, 9.17) is 9.41 Å². The molecule has 0 spiro atoms. The molecule has 1 heterocycles. The van der Waals surface area contributed by atoms with E-state index in [9.17, 15) is 4.79 Å². The van der Waals surface area contributed by atoms with Crippen LogP contribution in [0.3, 0.4) is 0 Å². The maximum atomic E-state index is 11.8. The highest BCUT2D eigenvalue weighted by molar-refractivity contribution is 5.94. The second-order valence-electron chi connectivity index (χ2n) is 6.87. The average Bonchev–Trinajstić information content (AvgIpc) is 3.15. The van der Waals surface area contributed by atoms with Crippen molar-refractivity contribution in [1.29, 1.82) is 0 Å². The van der Waals surface area contributed by atoms with Crippen molar-refractivity contribution in [3.8, 4) is 0 Å². The number of nitrogens with one attached hydrogen (secondary N) is 2. The first-order valence-corrected chi connectivity index (χ1v) is 9.88. The van der Waals surface area contributed by atoms with Crippen LogP contribution in [0.2, 0.25) is 0 Å². The quantitative estimate of drug-likeness (QED) is 0.477. The number of carbonyl (C=O) groups is 1. The summed E-state index contributed by atoms with van der Waals surface area (Å²) in [4.78, 5) is 18.6. The summed E-state index contributed by atoms with van der Waals surface area (Å²) in [5.74, 6) is 1.65. The largest absolute Gasteiger partial charge is 0.459 e. The Labute approximate surface area is 171 Å². The van der Waals surface area contributed by atoms with Crippen LogP contribution in [0.1, 0.15) is 28.6 Å². The van der Waals surface area contributed by atoms with Gasteiger partial charge in [0.15, 0.2) is 5.96 Å². The Morgan fingerprint density at radius 2 is 1.97 bits per heavy atom. The Bertz CT molecular complexity index is 960. The molecule has 0 saturated carbocycles. The Hall–Kier alpha value is -3.28. The van der Waals surface area contributed by atoms with Crippen molar-refractivity contribution in [1.82, 2.24) is 15.5 Å². The van der Waals surface area contributed by atoms with Crippen LogP contribution in [0.5, 0.6) is 0 Å². The highest BCUT2D eigenvalue weighted by Crippen LogP contribution is 2.19. The summed E-state index contributed by atoms with van der Waals surface area (Å²) in [6, 6.07) is 17.7. The molecule has 0 aliphatic carbocycles. The zero-order chi connectivity index (χ0) is 20.6. The summed E-state index contributed by atoms with van der Waals surface area (Å²) in [5, 5.41) is 7.09. The summed E-state index contributed by atoms with van der Waals surface area (Å²) in [6.45, 7) is 4.10. The third-order valence-electron chi connectivity index (χ3n) is 4.64. The predicted molar refractivity (Wildman–Crippen MR) is 117 cm³/mol. The molecule has 0 saturated heterocycles. The van der Waals surface area contributed by atoms with E-state index in [0.717, 1.165) is 41.2 Å². The van der Waals surface area contributed by atoms with E-state index in [-0.39, 0.29) is 5.91 Å². The molecule has 0 bridgehead atoms. The molecular weight excluding hydrogens is 364 g/mol. The summed E-state index contributed by atoms with van der Waals surface area (Å²) >= 11 is 0. The topological polar surface area (TPSA) is 69.9 Å². The van der Waals surface area contributed by atoms with Gasteiger partial charge in [0.25, 0.3) is 5.91 Å². The van der Waals surface area contributed by atoms with Crippen molar-refractivity contribution < 1.29 is 9.21 Å². The number of hydrogen-bond acceptors (Lipinski definition) is 3. The highest BCUT2D eigenvalue weighted by atomic mass is 16.3. The number of furan rings is 1. The Kier molecular flexibility index (Phi) is 6.89. The number of amides is 1. The van der Waals surface area contributed by atoms with Crippen molar-refractivity contribution in [2.24, 2.45) is 4.99 Å². The predicted octanol–water partition coefficient (Wildman–Crippen LogP) is 3.43. The number of benzene rings is 2. The van der Waals surface area contributed by atoms with Crippen molar-refractivity contribution in [3.05, 3.63) is 71.5 Å². The van der Waals surface area contributed by atoms with E-state index in [0.29, 0.717) is 18.7 Å². The maximum Gasteiger partial charge on any atom is 0.251 e. The van der Waals surface area contributed by atoms with E-state index in [1.54, 1.807) is 7.05 Å². The Balaban J connectivity index is 1.65. The fourth-order valence-electron chi connectivity index (χ4n) is 3.20. The molecular formula is C23H28N4O2. The summed E-state index contributed by atoms with van der Waals surface area (Å²) in [6.07, 6.45) is 0.762. The number of hydrogen-bond donors (Lipinski definition) is 2. The van der Waals surface area contributed by atoms with E-state index >= 15 is 0 Å². The molecule has 2 aromatic carbocycles. The molecule has 3 rings (SSSR count). The van der Waals surface area contributed by atoms with Crippen molar-refractivity contribution in [3.63, 3.8) is 0 Å². The van der Waals surface area contributed by atoms with Crippen molar-refractivity contribution in [2.45, 2.75) is 19.9 Å². The van der Waals surface area contributed by atoms with Crippen LogP contribution in [0.15, 0.2) is 64.0 Å². The van der Waals surface area contributed by atoms with Gasteiger partial charge < -0.3 is 20.0 Å². The van der Waals surface area contributed by atoms with E-state index < -0.39 is 0 Å². The summed E-state index contributed by atoms with van der Waals surface area (Å²) in [5.41, 5.74) is 2.65. The molecule has 2 N–H and O–H groups in total. The molecule has 6 nitrogen and oxygen atoms in total. The lowest BCUT2D eigenvalue weighted by molar-refractivity contribution is 0.0963. The van der Waals surface area contributed by atoms with E-state index in [1.807, 2.05) is 49.5 Å². The third kappa shape index (κ3) is 5.38. The van der Waals surface area contributed by atoms with Crippen LogP contribution in [0.25, 0.3) is 11.0 Å². The zero-order valence-electron chi connectivity index (χ0n) is 17.2. The van der Waals surface area contributed by atoms with Crippen LogP contribution in [-0.2, 0) is 13.0 Å². The van der Waals surface area contributed by atoms with E-state index in [2.05, 4.69) is 34.6 Å². The minimum absolute atomic E-state index is 0.0748. The number of carbonyl (C=O) groups excluding carboxylic acids is 1. The number of para-hydroxylation sites is 1.